The number of nitrogens with zero attached hydrogens (tertiary/aromatic N) is 2. The molecule has 0 radical (unpaired) electrons. The number of hydrogen-bond donors (Lipinski definition) is 0. The van der Waals surface area contributed by atoms with Crippen molar-refractivity contribution >= 4 is 29.8 Å². The van der Waals surface area contributed by atoms with E-state index >= 15 is 0 Å². The smallest absolute Gasteiger partial charge is 0.281 e. The molecular weight excluding hydrogens is 251 g/mol. The van der Waals surface area contributed by atoms with E-state index in [4.69, 9.17) is 16.3 Å². The van der Waals surface area contributed by atoms with Gasteiger partial charge in [-0.15, -0.1) is 12.4 Å². The molecule has 1 aliphatic rings. The first-order valence-electron chi connectivity index (χ1n) is 4.91. The maximum atomic E-state index is 11.8. The molecule has 16 heavy (non-hydrogen) atoms. The van der Waals surface area contributed by atoms with Gasteiger partial charge in [-0.05, 0) is 13.0 Å². The normalized spacial score (nSPS) is 15.8. The minimum absolute atomic E-state index is 0. The maximum Gasteiger partial charge on any atom is 0.281 e. The number of aromatic nitrogens is 1. The van der Waals surface area contributed by atoms with Crippen LogP contribution >= 0.6 is 24.0 Å². The van der Waals surface area contributed by atoms with Crippen LogP contribution in [0.25, 0.3) is 0 Å². The Labute approximate surface area is 106 Å². The van der Waals surface area contributed by atoms with E-state index in [0.29, 0.717) is 29.7 Å². The van der Waals surface area contributed by atoms with Gasteiger partial charge in [0.05, 0.1) is 18.2 Å². The van der Waals surface area contributed by atoms with Crippen LogP contribution in [0, 0.1) is 12.1 Å². The number of aryl methyl sites for hydroxylation is 1. The zero-order chi connectivity index (χ0) is 10.8. The Bertz CT molecular complexity index is 368. The van der Waals surface area contributed by atoms with Crippen LogP contribution in [-0.4, -0.2) is 26.3 Å². The van der Waals surface area contributed by atoms with Crippen LogP contribution in [0.4, 0.5) is 5.82 Å². The summed E-state index contributed by atoms with van der Waals surface area (Å²) >= 11 is 5.93. The molecule has 0 amide bonds. The Morgan fingerprint density at radius 3 is 2.62 bits per heavy atom. The van der Waals surface area contributed by atoms with Gasteiger partial charge in [-0.3, -0.25) is 4.90 Å². The number of halogens is 2. The minimum atomic E-state index is 0. The van der Waals surface area contributed by atoms with E-state index in [1.807, 2.05) is 4.90 Å². The molecule has 0 aromatic carbocycles. The lowest BCUT2D eigenvalue weighted by Gasteiger charge is -2.25. The van der Waals surface area contributed by atoms with Crippen LogP contribution in [0.15, 0.2) is 12.1 Å². The van der Waals surface area contributed by atoms with Gasteiger partial charge < -0.3 is 9.94 Å². The highest BCUT2D eigenvalue weighted by atomic mass is 35.5. The molecule has 0 bridgehead atoms. The summed E-state index contributed by atoms with van der Waals surface area (Å²) < 4.78 is 6.15. The number of rotatable bonds is 1. The fraction of sp³-hybridized carbons (Fsp3) is 0.500. The summed E-state index contributed by atoms with van der Waals surface area (Å²) in [5, 5.41) is 12.4. The van der Waals surface area contributed by atoms with Gasteiger partial charge in [0.15, 0.2) is 0 Å². The van der Waals surface area contributed by atoms with Gasteiger partial charge in [0.25, 0.3) is 5.82 Å². The third-order valence-electron chi connectivity index (χ3n) is 2.48. The zero-order valence-electron chi connectivity index (χ0n) is 8.98. The fourth-order valence-electron chi connectivity index (χ4n) is 1.67. The van der Waals surface area contributed by atoms with Gasteiger partial charge in [-0.1, -0.05) is 11.6 Å². The molecule has 0 unspecified atom stereocenters. The maximum absolute atomic E-state index is 11.8. The van der Waals surface area contributed by atoms with Crippen LogP contribution < -0.4 is 9.63 Å². The van der Waals surface area contributed by atoms with Crippen molar-refractivity contribution in [3.63, 3.8) is 0 Å². The molecule has 1 aliphatic heterocycles. The van der Waals surface area contributed by atoms with Gasteiger partial charge in [-0.2, -0.15) is 0 Å². The summed E-state index contributed by atoms with van der Waals surface area (Å²) in [5.41, 5.74) is 0.615. The van der Waals surface area contributed by atoms with Gasteiger partial charge >= 0.3 is 0 Å². The zero-order valence-corrected chi connectivity index (χ0v) is 10.6. The number of morpholine rings is 1. The molecular formula is C10H14Cl2N2O2. The second-order valence-corrected chi connectivity index (χ2v) is 4.00. The van der Waals surface area contributed by atoms with E-state index in [1.165, 1.54) is 0 Å². The molecule has 4 nitrogen and oxygen atoms in total. The molecule has 0 spiro atoms. The molecule has 1 fully saturated rings. The van der Waals surface area contributed by atoms with Crippen molar-refractivity contribution in [1.82, 2.24) is 0 Å². The van der Waals surface area contributed by atoms with Crippen LogP contribution in [0.5, 0.6) is 0 Å². The molecule has 2 rings (SSSR count). The van der Waals surface area contributed by atoms with Crippen molar-refractivity contribution < 1.29 is 9.47 Å². The van der Waals surface area contributed by atoms with Gasteiger partial charge in [0.2, 0.25) is 0 Å². The molecule has 1 saturated heterocycles. The predicted octanol–water partition coefficient (Wildman–Crippen LogP) is 1.54. The first-order valence-corrected chi connectivity index (χ1v) is 5.28. The highest BCUT2D eigenvalue weighted by Crippen LogP contribution is 2.17. The monoisotopic (exact) mass is 264 g/mol. The number of anilines is 1. The quantitative estimate of drug-likeness (QED) is 0.571. The molecule has 90 valence electrons. The van der Waals surface area contributed by atoms with Crippen LogP contribution in [0.2, 0.25) is 5.02 Å². The molecule has 0 N–H and O–H groups in total. The largest absolute Gasteiger partial charge is 0.710 e. The third kappa shape index (κ3) is 2.70. The number of hydrogen-bond acceptors (Lipinski definition) is 3. The van der Waals surface area contributed by atoms with Crippen LogP contribution in [0.3, 0.4) is 0 Å². The number of pyridine rings is 1. The Morgan fingerprint density at radius 2 is 2.00 bits per heavy atom. The molecule has 1 aromatic heterocycles. The summed E-state index contributed by atoms with van der Waals surface area (Å²) in [4.78, 5) is 2.00. The van der Waals surface area contributed by atoms with Gasteiger partial charge in [-0.25, -0.2) is 4.73 Å². The summed E-state index contributed by atoms with van der Waals surface area (Å²) in [7, 11) is 0. The Morgan fingerprint density at radius 1 is 1.38 bits per heavy atom. The highest BCUT2D eigenvalue weighted by Gasteiger charge is 2.21. The summed E-state index contributed by atoms with van der Waals surface area (Å²) in [5.74, 6) is 0.614. The summed E-state index contributed by atoms with van der Waals surface area (Å²) in [6, 6.07) is 3.37. The minimum Gasteiger partial charge on any atom is -0.710 e. The van der Waals surface area contributed by atoms with Crippen LogP contribution in [-0.2, 0) is 4.74 Å². The van der Waals surface area contributed by atoms with Crippen LogP contribution in [0.1, 0.15) is 5.69 Å². The molecule has 0 saturated carbocycles. The first-order chi connectivity index (χ1) is 7.18. The number of ether oxygens (including phenoxy) is 1. The van der Waals surface area contributed by atoms with E-state index in [2.05, 4.69) is 0 Å². The molecule has 0 atom stereocenters. The second kappa shape index (κ2) is 5.57. The standard InChI is InChI=1S/C10H13ClN2O2.ClH/c1-8-6-9(11)7-10(13(8)14)12-2-4-15-5-3-12;/h6-7H,2-5H2,1H3;1H. The van der Waals surface area contributed by atoms with E-state index < -0.39 is 0 Å². The Kier molecular flexibility index (Phi) is 4.65. The molecule has 6 heteroatoms. The molecule has 1 aromatic rings. The lowest BCUT2D eigenvalue weighted by atomic mass is 10.3. The second-order valence-electron chi connectivity index (χ2n) is 3.57. The van der Waals surface area contributed by atoms with Crippen molar-refractivity contribution in [2.45, 2.75) is 6.92 Å². The Balaban J connectivity index is 0.00000128. The van der Waals surface area contributed by atoms with Gasteiger partial charge in [0, 0.05) is 6.07 Å². The highest BCUT2D eigenvalue weighted by molar-refractivity contribution is 6.30. The van der Waals surface area contributed by atoms with E-state index in [1.54, 1.807) is 19.1 Å². The van der Waals surface area contributed by atoms with Crippen molar-refractivity contribution in [1.29, 1.82) is 0 Å². The fourth-order valence-corrected chi connectivity index (χ4v) is 1.93. The lowest BCUT2D eigenvalue weighted by molar-refractivity contribution is -0.599. The average molecular weight is 265 g/mol. The molecule has 0 aliphatic carbocycles. The average Bonchev–Trinajstić information content (AvgIpc) is 2.24. The van der Waals surface area contributed by atoms with Crippen molar-refractivity contribution in [3.8, 4) is 0 Å². The van der Waals surface area contributed by atoms with Crippen molar-refractivity contribution in [3.05, 3.63) is 28.1 Å². The van der Waals surface area contributed by atoms with Gasteiger partial charge in [0.1, 0.15) is 18.8 Å². The SMILES string of the molecule is Cc1cc(Cl)cc(N2CCOCC2)[n+]1[O-].Cl. The summed E-state index contributed by atoms with van der Waals surface area (Å²) in [6.07, 6.45) is 0. The summed E-state index contributed by atoms with van der Waals surface area (Å²) in [6.45, 7) is 4.55. The predicted molar refractivity (Wildman–Crippen MR) is 65.4 cm³/mol. The Hall–Kier alpha value is -0.710. The van der Waals surface area contributed by atoms with E-state index in [-0.39, 0.29) is 12.4 Å². The lowest BCUT2D eigenvalue weighted by Crippen LogP contribution is -2.45. The van der Waals surface area contributed by atoms with E-state index in [9.17, 15) is 5.21 Å². The van der Waals surface area contributed by atoms with Crippen molar-refractivity contribution in [2.75, 3.05) is 31.2 Å². The molecule has 2 heterocycles. The van der Waals surface area contributed by atoms with Crippen molar-refractivity contribution in [2.24, 2.45) is 0 Å². The topological polar surface area (TPSA) is 39.4 Å². The van der Waals surface area contributed by atoms with E-state index in [0.717, 1.165) is 17.8 Å². The first kappa shape index (κ1) is 13.4. The third-order valence-corrected chi connectivity index (χ3v) is 2.70.